The minimum Gasteiger partial charge on any atom is -0.481 e. The van der Waals surface area contributed by atoms with Gasteiger partial charge >= 0.3 is 12.1 Å². The molecule has 0 aromatic carbocycles. The first-order chi connectivity index (χ1) is 12.5. The van der Waals surface area contributed by atoms with Crippen LogP contribution < -0.4 is 5.32 Å². The Morgan fingerprint density at radius 2 is 1.89 bits per heavy atom. The third kappa shape index (κ3) is 4.83. The molecule has 0 bridgehead atoms. The molecule has 2 aromatic rings. The van der Waals surface area contributed by atoms with Crippen molar-refractivity contribution in [3.8, 4) is 5.82 Å². The maximum Gasteiger partial charge on any atom is 0.417 e. The molecule has 0 aliphatic rings. The van der Waals surface area contributed by atoms with E-state index in [0.29, 0.717) is 11.9 Å². The number of halogens is 3. The third-order valence-corrected chi connectivity index (χ3v) is 3.75. The van der Waals surface area contributed by atoms with E-state index in [2.05, 4.69) is 15.4 Å². The molecular weight excluding hydrogens is 365 g/mol. The Hall–Kier alpha value is -2.91. The summed E-state index contributed by atoms with van der Waals surface area (Å²) in [5.74, 6) is -1.60. The van der Waals surface area contributed by atoms with Gasteiger partial charge in [0, 0.05) is 12.2 Å². The summed E-state index contributed by atoms with van der Waals surface area (Å²) in [6.45, 7) is 5.16. The third-order valence-electron chi connectivity index (χ3n) is 3.75. The van der Waals surface area contributed by atoms with Crippen LogP contribution in [0.3, 0.4) is 0 Å². The predicted octanol–water partition coefficient (Wildman–Crippen LogP) is 3.00. The Morgan fingerprint density at radius 3 is 2.37 bits per heavy atom. The standard InChI is InChI=1S/C17H19F3N4O3/c1-9(2)15-12(16(27)23-10(3)6-14(25)26)8-22-24(15)13-5-4-11(7-21-13)17(18,19)20/h4-5,7-10H,6H2,1-3H3,(H,23,27)(H,25,26). The molecule has 0 fully saturated rings. The van der Waals surface area contributed by atoms with Crippen molar-refractivity contribution in [3.05, 3.63) is 41.3 Å². The second-order valence-electron chi connectivity index (χ2n) is 6.39. The highest BCUT2D eigenvalue weighted by Crippen LogP contribution is 2.29. The lowest BCUT2D eigenvalue weighted by Gasteiger charge is -2.15. The number of nitrogens with zero attached hydrogens (tertiary/aromatic N) is 3. The van der Waals surface area contributed by atoms with Crippen molar-refractivity contribution in [2.24, 2.45) is 0 Å². The van der Waals surface area contributed by atoms with E-state index < -0.39 is 29.7 Å². The number of carbonyl (C=O) groups is 2. The molecule has 146 valence electrons. The predicted molar refractivity (Wildman–Crippen MR) is 89.6 cm³/mol. The molecule has 2 rings (SSSR count). The van der Waals surface area contributed by atoms with Crippen LogP contribution in [0.4, 0.5) is 13.2 Å². The lowest BCUT2D eigenvalue weighted by molar-refractivity contribution is -0.138. The number of rotatable bonds is 6. The highest BCUT2D eigenvalue weighted by atomic mass is 19.4. The lowest BCUT2D eigenvalue weighted by Crippen LogP contribution is -2.34. The summed E-state index contributed by atoms with van der Waals surface area (Å²) in [6.07, 6.45) is -2.74. The number of aliphatic carboxylic acids is 1. The molecule has 7 nitrogen and oxygen atoms in total. The summed E-state index contributed by atoms with van der Waals surface area (Å²) in [7, 11) is 0. The zero-order valence-corrected chi connectivity index (χ0v) is 14.9. The van der Waals surface area contributed by atoms with Crippen molar-refractivity contribution in [3.63, 3.8) is 0 Å². The van der Waals surface area contributed by atoms with Crippen LogP contribution in [0.1, 0.15) is 54.7 Å². The molecule has 2 aromatic heterocycles. The normalized spacial score (nSPS) is 12.9. The molecule has 27 heavy (non-hydrogen) atoms. The van der Waals surface area contributed by atoms with Crippen LogP contribution >= 0.6 is 0 Å². The maximum atomic E-state index is 12.7. The van der Waals surface area contributed by atoms with E-state index in [-0.39, 0.29) is 23.7 Å². The molecule has 2 N–H and O–H groups in total. The highest BCUT2D eigenvalue weighted by Gasteiger charge is 2.31. The molecule has 0 aliphatic heterocycles. The van der Waals surface area contributed by atoms with Crippen molar-refractivity contribution in [2.75, 3.05) is 0 Å². The number of hydrogen-bond donors (Lipinski definition) is 2. The Kier molecular flexibility index (Phi) is 5.87. The fourth-order valence-corrected chi connectivity index (χ4v) is 2.56. The Labute approximate surface area is 153 Å². The molecule has 2 heterocycles. The van der Waals surface area contributed by atoms with Crippen LogP contribution in [-0.4, -0.2) is 37.8 Å². The number of amides is 1. The van der Waals surface area contributed by atoms with Crippen molar-refractivity contribution < 1.29 is 27.9 Å². The molecule has 1 atom stereocenters. The van der Waals surface area contributed by atoms with Crippen molar-refractivity contribution in [2.45, 2.75) is 45.3 Å². The van der Waals surface area contributed by atoms with Crippen LogP contribution in [0.15, 0.2) is 24.5 Å². The Balaban J connectivity index is 2.35. The number of nitrogens with one attached hydrogen (secondary N) is 1. The van der Waals surface area contributed by atoms with E-state index in [1.807, 2.05) is 0 Å². The molecule has 1 unspecified atom stereocenters. The fourth-order valence-electron chi connectivity index (χ4n) is 2.56. The van der Waals surface area contributed by atoms with Gasteiger partial charge in [-0.1, -0.05) is 13.8 Å². The second kappa shape index (κ2) is 7.77. The maximum absolute atomic E-state index is 12.7. The second-order valence-corrected chi connectivity index (χ2v) is 6.39. The van der Waals surface area contributed by atoms with Crippen LogP contribution in [-0.2, 0) is 11.0 Å². The van der Waals surface area contributed by atoms with Gasteiger partial charge in [0.05, 0.1) is 29.4 Å². The van der Waals surface area contributed by atoms with Gasteiger partial charge < -0.3 is 10.4 Å². The highest BCUT2D eigenvalue weighted by molar-refractivity contribution is 5.95. The summed E-state index contributed by atoms with van der Waals surface area (Å²) in [6, 6.07) is 1.47. The topological polar surface area (TPSA) is 97.1 Å². The van der Waals surface area contributed by atoms with E-state index in [4.69, 9.17) is 5.11 Å². The van der Waals surface area contributed by atoms with Crippen molar-refractivity contribution in [1.82, 2.24) is 20.1 Å². The van der Waals surface area contributed by atoms with E-state index in [9.17, 15) is 22.8 Å². The van der Waals surface area contributed by atoms with Gasteiger partial charge in [0.2, 0.25) is 0 Å². The van der Waals surface area contributed by atoms with Gasteiger partial charge in [-0.2, -0.15) is 18.3 Å². The Bertz CT molecular complexity index is 829. The summed E-state index contributed by atoms with van der Waals surface area (Å²) in [5, 5.41) is 15.4. The number of carboxylic acids is 1. The first kappa shape index (κ1) is 20.4. The molecule has 0 radical (unpaired) electrons. The van der Waals surface area contributed by atoms with Crippen molar-refractivity contribution in [1.29, 1.82) is 0 Å². The van der Waals surface area contributed by atoms with Gasteiger partial charge in [0.1, 0.15) is 0 Å². The molecule has 1 amide bonds. The molecule has 0 saturated heterocycles. The van der Waals surface area contributed by atoms with Gasteiger partial charge in [-0.05, 0) is 25.0 Å². The number of aromatic nitrogens is 3. The van der Waals surface area contributed by atoms with Crippen molar-refractivity contribution >= 4 is 11.9 Å². The minimum absolute atomic E-state index is 0.143. The summed E-state index contributed by atoms with van der Waals surface area (Å²) in [4.78, 5) is 27.0. The number of carbonyl (C=O) groups excluding carboxylic acids is 1. The fraction of sp³-hybridized carbons (Fsp3) is 0.412. The van der Waals surface area contributed by atoms with Gasteiger partial charge in [0.25, 0.3) is 5.91 Å². The zero-order valence-electron chi connectivity index (χ0n) is 14.9. The van der Waals surface area contributed by atoms with E-state index in [0.717, 1.165) is 6.07 Å². The SMILES string of the molecule is CC(CC(=O)O)NC(=O)c1cnn(-c2ccc(C(F)(F)F)cn2)c1C(C)C. The average molecular weight is 384 g/mol. The lowest BCUT2D eigenvalue weighted by atomic mass is 10.0. The van der Waals surface area contributed by atoms with E-state index in [1.54, 1.807) is 20.8 Å². The molecule has 0 spiro atoms. The quantitative estimate of drug-likeness (QED) is 0.798. The minimum atomic E-state index is -4.50. The number of alkyl halides is 3. The van der Waals surface area contributed by atoms with Crippen LogP contribution in [0.2, 0.25) is 0 Å². The van der Waals surface area contributed by atoms with E-state index in [1.165, 1.54) is 16.9 Å². The van der Waals surface area contributed by atoms with Gasteiger partial charge in [-0.3, -0.25) is 9.59 Å². The number of pyridine rings is 1. The van der Waals surface area contributed by atoms with E-state index >= 15 is 0 Å². The van der Waals surface area contributed by atoms with Gasteiger partial charge in [-0.15, -0.1) is 0 Å². The first-order valence-corrected chi connectivity index (χ1v) is 8.15. The van der Waals surface area contributed by atoms with Crippen LogP contribution in [0.25, 0.3) is 5.82 Å². The summed E-state index contributed by atoms with van der Waals surface area (Å²) in [5.41, 5.74) is -0.212. The molecule has 0 saturated carbocycles. The van der Waals surface area contributed by atoms with Gasteiger partial charge in [-0.25, -0.2) is 9.67 Å². The average Bonchev–Trinajstić information content (AvgIpc) is 2.98. The summed E-state index contributed by atoms with van der Waals surface area (Å²) < 4.78 is 39.4. The Morgan fingerprint density at radius 1 is 1.22 bits per heavy atom. The molecule has 10 heteroatoms. The van der Waals surface area contributed by atoms with Crippen LogP contribution in [0, 0.1) is 0 Å². The zero-order chi connectivity index (χ0) is 20.4. The number of hydrogen-bond acceptors (Lipinski definition) is 4. The van der Waals surface area contributed by atoms with Gasteiger partial charge in [0.15, 0.2) is 5.82 Å². The van der Waals surface area contributed by atoms with Crippen LogP contribution in [0.5, 0.6) is 0 Å². The molecule has 0 aliphatic carbocycles. The molecular formula is C17H19F3N4O3. The monoisotopic (exact) mass is 384 g/mol. The number of carboxylic acid groups (broad SMARTS) is 1. The largest absolute Gasteiger partial charge is 0.481 e. The summed E-state index contributed by atoms with van der Waals surface area (Å²) >= 11 is 0. The smallest absolute Gasteiger partial charge is 0.417 e. The first-order valence-electron chi connectivity index (χ1n) is 8.15.